The lowest BCUT2D eigenvalue weighted by molar-refractivity contribution is -0.146. The molecule has 0 radical (unpaired) electrons. The van der Waals surface area contributed by atoms with Crippen LogP contribution in [0.4, 0.5) is 0 Å². The number of amides is 2. The molecule has 1 atom stereocenters. The van der Waals surface area contributed by atoms with E-state index in [9.17, 15) is 9.59 Å². The van der Waals surface area contributed by atoms with E-state index in [1.807, 2.05) is 6.92 Å². The van der Waals surface area contributed by atoms with Crippen LogP contribution in [0.25, 0.3) is 0 Å². The first-order chi connectivity index (χ1) is 8.11. The molecule has 1 aromatic heterocycles. The maximum absolute atomic E-state index is 11.7. The monoisotopic (exact) mass is 238 g/mol. The Labute approximate surface area is 98.0 Å². The first-order valence-electron chi connectivity index (χ1n) is 5.42. The smallest absolute Gasteiger partial charge is 0.243 e. The van der Waals surface area contributed by atoms with Crippen molar-refractivity contribution >= 4 is 11.8 Å². The van der Waals surface area contributed by atoms with Crippen LogP contribution in [-0.4, -0.2) is 49.5 Å². The van der Waals surface area contributed by atoms with Gasteiger partial charge in [-0.05, 0) is 11.6 Å². The molecule has 17 heavy (non-hydrogen) atoms. The third-order valence-electron chi connectivity index (χ3n) is 2.66. The largest absolute Gasteiger partial charge is 0.345 e. The van der Waals surface area contributed by atoms with Gasteiger partial charge in [-0.3, -0.25) is 9.59 Å². The number of hydrogen-bond donors (Lipinski definition) is 1. The Balaban J connectivity index is 2.15. The van der Waals surface area contributed by atoms with E-state index in [2.05, 4.69) is 20.7 Å². The molecule has 0 bridgehead atoms. The van der Waals surface area contributed by atoms with Crippen LogP contribution in [0.1, 0.15) is 19.2 Å². The van der Waals surface area contributed by atoms with Gasteiger partial charge >= 0.3 is 0 Å². The topological polar surface area (TPSA) is 93.0 Å². The van der Waals surface area contributed by atoms with Gasteiger partial charge in [0.2, 0.25) is 11.8 Å². The molecule has 1 aromatic rings. The number of nitrogens with one attached hydrogen (secondary N) is 1. The molecule has 8 nitrogen and oxygen atoms in total. The highest BCUT2D eigenvalue weighted by atomic mass is 16.2. The van der Waals surface area contributed by atoms with Crippen LogP contribution in [-0.2, 0) is 23.2 Å². The highest BCUT2D eigenvalue weighted by Gasteiger charge is 2.33. The van der Waals surface area contributed by atoms with E-state index in [0.717, 1.165) is 0 Å². The molecule has 8 heteroatoms. The van der Waals surface area contributed by atoms with E-state index in [4.69, 9.17) is 0 Å². The van der Waals surface area contributed by atoms with Crippen LogP contribution in [0.3, 0.4) is 0 Å². The molecule has 2 amide bonds. The van der Waals surface area contributed by atoms with Crippen molar-refractivity contribution in [3.05, 3.63) is 5.82 Å². The number of tetrazole rings is 1. The Hall–Kier alpha value is -1.99. The number of carbonyl (C=O) groups is 2. The Bertz CT molecular complexity index is 442. The predicted molar refractivity (Wildman–Crippen MR) is 56.4 cm³/mol. The van der Waals surface area contributed by atoms with E-state index in [1.54, 1.807) is 7.05 Å². The summed E-state index contributed by atoms with van der Waals surface area (Å²) < 4.78 is 0. The molecular formula is C9H14N6O2. The summed E-state index contributed by atoms with van der Waals surface area (Å²) in [4.78, 5) is 26.2. The normalized spacial score (nSPS) is 20.6. The maximum atomic E-state index is 11.7. The van der Waals surface area contributed by atoms with Gasteiger partial charge in [-0.2, -0.15) is 4.80 Å². The van der Waals surface area contributed by atoms with Crippen molar-refractivity contribution in [2.45, 2.75) is 25.9 Å². The van der Waals surface area contributed by atoms with Crippen molar-refractivity contribution in [3.63, 3.8) is 0 Å². The third kappa shape index (κ3) is 2.24. The van der Waals surface area contributed by atoms with Gasteiger partial charge in [0.15, 0.2) is 5.82 Å². The highest BCUT2D eigenvalue weighted by molar-refractivity contribution is 5.94. The van der Waals surface area contributed by atoms with Crippen molar-refractivity contribution in [1.29, 1.82) is 0 Å². The number of nitrogens with zero attached hydrogens (tertiary/aromatic N) is 5. The number of rotatable bonds is 3. The van der Waals surface area contributed by atoms with Crippen LogP contribution >= 0.6 is 0 Å². The zero-order valence-electron chi connectivity index (χ0n) is 9.75. The second kappa shape index (κ2) is 4.48. The predicted octanol–water partition coefficient (Wildman–Crippen LogP) is -1.55. The van der Waals surface area contributed by atoms with E-state index in [-0.39, 0.29) is 24.9 Å². The second-order valence-electron chi connectivity index (χ2n) is 3.86. The summed E-state index contributed by atoms with van der Waals surface area (Å²) in [6, 6.07) is -0.444. The van der Waals surface area contributed by atoms with E-state index in [0.29, 0.717) is 12.2 Å². The number of aryl methyl sites for hydroxylation is 1. The van der Waals surface area contributed by atoms with Gasteiger partial charge < -0.3 is 10.2 Å². The second-order valence-corrected chi connectivity index (χ2v) is 3.86. The minimum absolute atomic E-state index is 0.0373. The quantitative estimate of drug-likeness (QED) is 0.688. The number of carbonyl (C=O) groups excluding carboxylic acids is 2. The number of piperazine rings is 1. The minimum Gasteiger partial charge on any atom is -0.345 e. The summed E-state index contributed by atoms with van der Waals surface area (Å²) in [7, 11) is 1.65. The van der Waals surface area contributed by atoms with Crippen LogP contribution in [0.15, 0.2) is 0 Å². The van der Waals surface area contributed by atoms with E-state index < -0.39 is 6.04 Å². The van der Waals surface area contributed by atoms with Crippen molar-refractivity contribution in [3.8, 4) is 0 Å². The summed E-state index contributed by atoms with van der Waals surface area (Å²) in [5, 5.41) is 14.1. The molecule has 1 unspecified atom stereocenters. The summed E-state index contributed by atoms with van der Waals surface area (Å²) in [6.45, 7) is 2.12. The standard InChI is InChI=1S/C9H14N6O2/c1-3-6-9(17)10-4-8(16)15(6)5-7-11-13-14(2)12-7/h6H,3-5H2,1-2H3,(H,10,17). The molecule has 1 fully saturated rings. The van der Waals surface area contributed by atoms with E-state index >= 15 is 0 Å². The Morgan fingerprint density at radius 3 is 2.82 bits per heavy atom. The Morgan fingerprint density at radius 2 is 2.24 bits per heavy atom. The van der Waals surface area contributed by atoms with Crippen molar-refractivity contribution in [2.75, 3.05) is 6.54 Å². The van der Waals surface area contributed by atoms with Gasteiger partial charge in [-0.15, -0.1) is 10.2 Å². The molecular weight excluding hydrogens is 224 g/mol. The first-order valence-corrected chi connectivity index (χ1v) is 5.42. The van der Waals surface area contributed by atoms with Gasteiger partial charge in [0.1, 0.15) is 6.04 Å². The molecule has 1 N–H and O–H groups in total. The van der Waals surface area contributed by atoms with Crippen molar-refractivity contribution < 1.29 is 9.59 Å². The van der Waals surface area contributed by atoms with Crippen LogP contribution in [0.2, 0.25) is 0 Å². The minimum atomic E-state index is -0.444. The maximum Gasteiger partial charge on any atom is 0.243 e. The molecule has 1 saturated heterocycles. The number of aromatic nitrogens is 4. The van der Waals surface area contributed by atoms with Gasteiger partial charge in [0, 0.05) is 0 Å². The number of hydrogen-bond acceptors (Lipinski definition) is 5. The summed E-state index contributed by atoms with van der Waals surface area (Å²) in [5.41, 5.74) is 0. The zero-order chi connectivity index (χ0) is 12.4. The summed E-state index contributed by atoms with van der Waals surface area (Å²) in [6.07, 6.45) is 0.567. The van der Waals surface area contributed by atoms with Crippen LogP contribution in [0.5, 0.6) is 0 Å². The molecule has 0 saturated carbocycles. The first kappa shape index (κ1) is 11.5. The van der Waals surface area contributed by atoms with Crippen LogP contribution in [0, 0.1) is 0 Å². The Morgan fingerprint density at radius 1 is 1.47 bits per heavy atom. The summed E-state index contributed by atoms with van der Waals surface area (Å²) in [5.74, 6) is 0.189. The fourth-order valence-electron chi connectivity index (χ4n) is 1.84. The molecule has 92 valence electrons. The van der Waals surface area contributed by atoms with Gasteiger partial charge in [-0.25, -0.2) is 0 Å². The lowest BCUT2D eigenvalue weighted by Crippen LogP contribution is -2.57. The van der Waals surface area contributed by atoms with E-state index in [1.165, 1.54) is 9.70 Å². The molecule has 0 aliphatic carbocycles. The van der Waals surface area contributed by atoms with Crippen molar-refractivity contribution in [1.82, 2.24) is 30.4 Å². The lowest BCUT2D eigenvalue weighted by atomic mass is 10.1. The average Bonchev–Trinajstić information content (AvgIpc) is 2.70. The summed E-state index contributed by atoms with van der Waals surface area (Å²) >= 11 is 0. The molecule has 1 aliphatic heterocycles. The molecule has 2 rings (SSSR count). The van der Waals surface area contributed by atoms with Crippen LogP contribution < -0.4 is 5.32 Å². The zero-order valence-corrected chi connectivity index (χ0v) is 9.75. The van der Waals surface area contributed by atoms with Gasteiger partial charge in [-0.1, -0.05) is 6.92 Å². The van der Waals surface area contributed by atoms with Crippen molar-refractivity contribution in [2.24, 2.45) is 7.05 Å². The average molecular weight is 238 g/mol. The van der Waals surface area contributed by atoms with Gasteiger partial charge in [0.05, 0.1) is 20.1 Å². The highest BCUT2D eigenvalue weighted by Crippen LogP contribution is 2.11. The fourth-order valence-corrected chi connectivity index (χ4v) is 1.84. The lowest BCUT2D eigenvalue weighted by Gasteiger charge is -2.33. The Kier molecular flexibility index (Phi) is 3.03. The fraction of sp³-hybridized carbons (Fsp3) is 0.667. The molecule has 2 heterocycles. The van der Waals surface area contributed by atoms with Gasteiger partial charge in [0.25, 0.3) is 0 Å². The SMILES string of the molecule is CCC1C(=O)NCC(=O)N1Cc1nnn(C)n1. The third-order valence-corrected chi connectivity index (χ3v) is 2.66. The molecule has 0 aromatic carbocycles. The molecule has 1 aliphatic rings. The molecule has 0 spiro atoms.